The topological polar surface area (TPSA) is 62.6 Å². The van der Waals surface area contributed by atoms with Gasteiger partial charge in [-0.15, -0.1) is 0 Å². The van der Waals surface area contributed by atoms with Gasteiger partial charge in [0.05, 0.1) is 23.4 Å². The zero-order valence-corrected chi connectivity index (χ0v) is 16.4. The van der Waals surface area contributed by atoms with Crippen LogP contribution in [-0.4, -0.2) is 35.8 Å². The van der Waals surface area contributed by atoms with Crippen LogP contribution in [0.15, 0.2) is 59.2 Å². The van der Waals surface area contributed by atoms with E-state index < -0.39 is 17.6 Å². The van der Waals surface area contributed by atoms with Crippen molar-refractivity contribution in [3.63, 3.8) is 0 Å². The molecule has 3 atom stereocenters. The first-order chi connectivity index (χ1) is 14.8. The van der Waals surface area contributed by atoms with Crippen molar-refractivity contribution >= 4 is 22.8 Å². The van der Waals surface area contributed by atoms with Crippen molar-refractivity contribution in [3.8, 4) is 0 Å². The van der Waals surface area contributed by atoms with Crippen molar-refractivity contribution in [2.75, 3.05) is 13.1 Å². The van der Waals surface area contributed by atoms with Crippen LogP contribution in [0.25, 0.3) is 11.0 Å². The highest BCUT2D eigenvalue weighted by Gasteiger charge is 2.54. The number of fused-ring (bicyclic) bond motifs is 2. The van der Waals surface area contributed by atoms with Gasteiger partial charge < -0.3 is 14.6 Å². The molecule has 5 nitrogen and oxygen atoms in total. The summed E-state index contributed by atoms with van der Waals surface area (Å²) < 4.78 is 44.4. The molecule has 160 valence electrons. The summed E-state index contributed by atoms with van der Waals surface area (Å²) >= 11 is 0. The molecule has 0 unspecified atom stereocenters. The molecule has 31 heavy (non-hydrogen) atoms. The van der Waals surface area contributed by atoms with Crippen LogP contribution in [0, 0.1) is 11.8 Å². The molecular weight excluding hydrogens is 409 g/mol. The summed E-state index contributed by atoms with van der Waals surface area (Å²) in [5.41, 5.74) is 0.251. The molecule has 0 radical (unpaired) electrons. The Hall–Kier alpha value is -3.29. The molecule has 2 aromatic carbocycles. The first kappa shape index (κ1) is 19.7. The molecule has 1 N–H and O–H groups in total. The van der Waals surface area contributed by atoms with Gasteiger partial charge in [0.2, 0.25) is 0 Å². The second-order valence-electron chi connectivity index (χ2n) is 8.11. The number of carbonyl (C=O) groups excluding carboxylic acids is 2. The van der Waals surface area contributed by atoms with Gasteiger partial charge >= 0.3 is 6.18 Å². The van der Waals surface area contributed by atoms with Crippen LogP contribution < -0.4 is 5.32 Å². The molecule has 0 bridgehead atoms. The first-order valence-electron chi connectivity index (χ1n) is 10.1. The van der Waals surface area contributed by atoms with Crippen molar-refractivity contribution in [1.29, 1.82) is 0 Å². The largest absolute Gasteiger partial charge is 0.464 e. The summed E-state index contributed by atoms with van der Waals surface area (Å²) in [5.74, 6) is -0.106. The Kier molecular flexibility index (Phi) is 4.53. The number of furan rings is 1. The Morgan fingerprint density at radius 3 is 2.74 bits per heavy atom. The quantitative estimate of drug-likeness (QED) is 0.673. The number of hydrogen-bond acceptors (Lipinski definition) is 3. The number of likely N-dealkylation sites (tertiary alicyclic amines) is 1. The molecule has 1 aliphatic carbocycles. The summed E-state index contributed by atoms with van der Waals surface area (Å²) in [4.78, 5) is 27.3. The molecule has 0 spiro atoms. The lowest BCUT2D eigenvalue weighted by atomic mass is 10.1. The van der Waals surface area contributed by atoms with E-state index in [1.807, 2.05) is 0 Å². The van der Waals surface area contributed by atoms with Gasteiger partial charge in [-0.2, -0.15) is 13.2 Å². The number of piperidine rings is 1. The predicted molar refractivity (Wildman–Crippen MR) is 106 cm³/mol. The number of benzene rings is 2. The van der Waals surface area contributed by atoms with E-state index >= 15 is 0 Å². The SMILES string of the molecule is O=C(NC[C@@H]1[C@H]2C[C@H]2CN1C(=O)c1cccc(C(F)(F)F)c1)c1cccc2occc12. The molecule has 2 fully saturated rings. The zero-order chi connectivity index (χ0) is 21.8. The van der Waals surface area contributed by atoms with Gasteiger partial charge in [0.1, 0.15) is 5.58 Å². The fourth-order valence-electron chi connectivity index (χ4n) is 4.55. The molecule has 2 heterocycles. The number of carbonyl (C=O) groups is 2. The maximum absolute atomic E-state index is 13.0. The molecular formula is C23H19F3N2O3. The normalized spacial score (nSPS) is 22.4. The van der Waals surface area contributed by atoms with Gasteiger partial charge in [0.15, 0.2) is 0 Å². The number of nitrogens with one attached hydrogen (secondary N) is 1. The van der Waals surface area contributed by atoms with E-state index in [1.165, 1.54) is 18.4 Å². The van der Waals surface area contributed by atoms with Crippen molar-refractivity contribution in [3.05, 3.63) is 71.5 Å². The lowest BCUT2D eigenvalue weighted by Crippen LogP contribution is -2.45. The molecule has 2 amide bonds. The van der Waals surface area contributed by atoms with Gasteiger partial charge in [-0.25, -0.2) is 0 Å². The predicted octanol–water partition coefficient (Wildman–Crippen LogP) is 4.34. The number of amides is 2. The van der Waals surface area contributed by atoms with Crippen molar-refractivity contribution in [2.24, 2.45) is 11.8 Å². The lowest BCUT2D eigenvalue weighted by Gasteiger charge is -2.28. The average Bonchev–Trinajstić information content (AvgIpc) is 3.19. The number of rotatable bonds is 4. The van der Waals surface area contributed by atoms with E-state index in [2.05, 4.69) is 5.32 Å². The van der Waals surface area contributed by atoms with Crippen LogP contribution in [0.5, 0.6) is 0 Å². The first-order valence-corrected chi connectivity index (χ1v) is 10.1. The van der Waals surface area contributed by atoms with Crippen LogP contribution >= 0.6 is 0 Å². The van der Waals surface area contributed by atoms with Gasteiger partial charge in [-0.1, -0.05) is 12.1 Å². The smallest absolute Gasteiger partial charge is 0.416 e. The van der Waals surface area contributed by atoms with Gasteiger partial charge in [-0.05, 0) is 54.7 Å². The Labute approximate surface area is 175 Å². The third kappa shape index (κ3) is 3.56. The van der Waals surface area contributed by atoms with Crippen LogP contribution in [-0.2, 0) is 6.18 Å². The highest BCUT2D eigenvalue weighted by molar-refractivity contribution is 6.06. The lowest BCUT2D eigenvalue weighted by molar-refractivity contribution is -0.137. The molecule has 1 aromatic heterocycles. The van der Waals surface area contributed by atoms with E-state index in [1.54, 1.807) is 29.2 Å². The van der Waals surface area contributed by atoms with Gasteiger partial charge in [0.25, 0.3) is 11.8 Å². The van der Waals surface area contributed by atoms with Crippen molar-refractivity contribution < 1.29 is 27.2 Å². The molecule has 1 saturated carbocycles. The molecule has 5 rings (SSSR count). The highest BCUT2D eigenvalue weighted by Crippen LogP contribution is 2.49. The summed E-state index contributed by atoms with van der Waals surface area (Å²) in [5, 5.41) is 3.60. The van der Waals surface area contributed by atoms with Gasteiger partial charge in [0, 0.05) is 24.0 Å². The van der Waals surface area contributed by atoms with E-state index in [9.17, 15) is 22.8 Å². The minimum Gasteiger partial charge on any atom is -0.464 e. The van der Waals surface area contributed by atoms with Crippen molar-refractivity contribution in [2.45, 2.75) is 18.6 Å². The number of alkyl halides is 3. The Morgan fingerprint density at radius 2 is 1.94 bits per heavy atom. The van der Waals surface area contributed by atoms with Crippen molar-refractivity contribution in [1.82, 2.24) is 10.2 Å². The molecule has 8 heteroatoms. The Balaban J connectivity index is 1.32. The second kappa shape index (κ2) is 7.14. The molecule has 1 saturated heterocycles. The summed E-state index contributed by atoms with van der Waals surface area (Å²) in [6, 6.07) is 11.2. The number of halogens is 3. The standard InChI is InChI=1S/C23H19F3N2O3/c24-23(25,26)15-4-1-3-13(9-15)22(30)28-12-14-10-18(14)19(28)11-27-21(29)17-5-2-6-20-16(17)7-8-31-20/h1-9,14,18-19H,10-12H2,(H,27,29)/t14-,18-,19+/m0/s1. The Morgan fingerprint density at radius 1 is 1.13 bits per heavy atom. The second-order valence-corrected chi connectivity index (χ2v) is 8.11. The number of nitrogens with zero attached hydrogens (tertiary/aromatic N) is 1. The van der Waals surface area contributed by atoms with E-state index in [4.69, 9.17) is 4.42 Å². The average molecular weight is 428 g/mol. The Bertz CT molecular complexity index is 1170. The third-order valence-electron chi connectivity index (χ3n) is 6.21. The van der Waals surface area contributed by atoms with E-state index in [0.717, 1.165) is 18.6 Å². The van der Waals surface area contributed by atoms with Gasteiger partial charge in [-0.3, -0.25) is 9.59 Å². The van der Waals surface area contributed by atoms with Crippen LogP contribution in [0.2, 0.25) is 0 Å². The molecule has 3 aromatic rings. The van der Waals surface area contributed by atoms with E-state index in [0.29, 0.717) is 29.0 Å². The fraction of sp³-hybridized carbons (Fsp3) is 0.304. The third-order valence-corrected chi connectivity index (χ3v) is 6.21. The number of hydrogen-bond donors (Lipinski definition) is 1. The summed E-state index contributed by atoms with van der Waals surface area (Å²) in [7, 11) is 0. The minimum absolute atomic E-state index is 0.00983. The maximum atomic E-state index is 13.0. The summed E-state index contributed by atoms with van der Waals surface area (Å²) in [6.07, 6.45) is -2.03. The minimum atomic E-state index is -4.51. The van der Waals surface area contributed by atoms with Crippen LogP contribution in [0.4, 0.5) is 13.2 Å². The summed E-state index contributed by atoms with van der Waals surface area (Å²) in [6.45, 7) is 0.747. The van der Waals surface area contributed by atoms with Crippen LogP contribution in [0.3, 0.4) is 0 Å². The monoisotopic (exact) mass is 428 g/mol. The molecule has 1 aliphatic heterocycles. The zero-order valence-electron chi connectivity index (χ0n) is 16.4. The maximum Gasteiger partial charge on any atom is 0.416 e. The fourth-order valence-corrected chi connectivity index (χ4v) is 4.55. The van der Waals surface area contributed by atoms with Crippen LogP contribution in [0.1, 0.15) is 32.7 Å². The molecule has 2 aliphatic rings. The highest BCUT2D eigenvalue weighted by atomic mass is 19.4. The van der Waals surface area contributed by atoms with E-state index in [-0.39, 0.29) is 30.0 Å².